The summed E-state index contributed by atoms with van der Waals surface area (Å²) in [7, 11) is 5.56. The largest absolute Gasteiger partial charge is 0.469 e. The number of hydrogen-bond donors (Lipinski definition) is 0. The molecule has 2 saturated carbocycles. The number of fused-ring (bicyclic) bond motifs is 3. The van der Waals surface area contributed by atoms with Crippen LogP contribution in [0.15, 0.2) is 12.2 Å². The summed E-state index contributed by atoms with van der Waals surface area (Å²) in [6.45, 7) is 2.34. The molecule has 0 aliphatic heterocycles. The van der Waals surface area contributed by atoms with Crippen molar-refractivity contribution in [2.24, 2.45) is 34.5 Å². The summed E-state index contributed by atoms with van der Waals surface area (Å²) in [6.07, 6.45) is 6.82. The number of hydrogen-bond acceptors (Lipinski definition) is 8. The van der Waals surface area contributed by atoms with Gasteiger partial charge in [0.1, 0.15) is 6.79 Å². The van der Waals surface area contributed by atoms with E-state index in [1.165, 1.54) is 21.3 Å². The van der Waals surface area contributed by atoms with Crippen LogP contribution in [0.5, 0.6) is 0 Å². The molecule has 3 rings (SSSR count). The first-order chi connectivity index (χ1) is 14.8. The number of esters is 3. The van der Waals surface area contributed by atoms with Crippen LogP contribution in [0.1, 0.15) is 39.0 Å². The van der Waals surface area contributed by atoms with Gasteiger partial charge in [-0.3, -0.25) is 14.4 Å². The first-order valence-corrected chi connectivity index (χ1v) is 10.8. The Balaban J connectivity index is 1.93. The first-order valence-electron chi connectivity index (χ1n) is 10.8. The van der Waals surface area contributed by atoms with E-state index in [2.05, 4.69) is 19.1 Å². The van der Waals surface area contributed by atoms with Gasteiger partial charge in [-0.1, -0.05) is 19.1 Å². The fourth-order valence-corrected chi connectivity index (χ4v) is 6.38. The summed E-state index contributed by atoms with van der Waals surface area (Å²) in [5.74, 6) is -1.60. The molecule has 8 nitrogen and oxygen atoms in total. The molecular weight excluding hydrogens is 404 g/mol. The SMILES string of the molecule is COCO[C@H]1CC[C@]2(C)[C@H](C=C[C@H]3CC(C(=O)OC)(C(=O)OC)CC[C@@H]32)[C@H]1C(=O)OC. The van der Waals surface area contributed by atoms with Gasteiger partial charge < -0.3 is 23.7 Å². The Morgan fingerprint density at radius 2 is 1.61 bits per heavy atom. The summed E-state index contributed by atoms with van der Waals surface area (Å²) >= 11 is 0. The van der Waals surface area contributed by atoms with E-state index in [4.69, 9.17) is 23.7 Å². The average Bonchev–Trinajstić information content (AvgIpc) is 2.80. The molecule has 2 fully saturated rings. The average molecular weight is 439 g/mol. The Morgan fingerprint density at radius 1 is 0.935 bits per heavy atom. The molecule has 0 N–H and O–H groups in total. The highest BCUT2D eigenvalue weighted by Gasteiger charge is 2.61. The highest BCUT2D eigenvalue weighted by Crippen LogP contribution is 2.61. The van der Waals surface area contributed by atoms with Crippen molar-refractivity contribution in [3.63, 3.8) is 0 Å². The lowest BCUT2D eigenvalue weighted by Gasteiger charge is -2.57. The van der Waals surface area contributed by atoms with Gasteiger partial charge >= 0.3 is 17.9 Å². The van der Waals surface area contributed by atoms with Crippen molar-refractivity contribution in [2.75, 3.05) is 35.2 Å². The third-order valence-corrected chi connectivity index (χ3v) is 7.94. The minimum atomic E-state index is -1.28. The second-order valence-electron chi connectivity index (χ2n) is 9.19. The Morgan fingerprint density at radius 3 is 2.19 bits per heavy atom. The minimum absolute atomic E-state index is 0.0166. The number of carbonyl (C=O) groups is 3. The lowest BCUT2D eigenvalue weighted by molar-refractivity contribution is -0.183. The number of rotatable bonds is 6. The predicted molar refractivity (Wildman–Crippen MR) is 110 cm³/mol. The number of methoxy groups -OCH3 is 4. The van der Waals surface area contributed by atoms with Gasteiger partial charge in [0.2, 0.25) is 0 Å². The molecule has 0 radical (unpaired) electrons. The molecule has 3 aliphatic carbocycles. The maximum absolute atomic E-state index is 12.8. The van der Waals surface area contributed by atoms with E-state index >= 15 is 0 Å². The van der Waals surface area contributed by atoms with Crippen LogP contribution >= 0.6 is 0 Å². The molecule has 8 heteroatoms. The third kappa shape index (κ3) is 3.89. The minimum Gasteiger partial charge on any atom is -0.469 e. The monoisotopic (exact) mass is 438 g/mol. The highest BCUT2D eigenvalue weighted by atomic mass is 16.7. The summed E-state index contributed by atoms with van der Waals surface area (Å²) in [6, 6.07) is 0. The van der Waals surface area contributed by atoms with Gasteiger partial charge in [0, 0.05) is 7.11 Å². The molecule has 0 unspecified atom stereocenters. The fourth-order valence-electron chi connectivity index (χ4n) is 6.38. The maximum atomic E-state index is 12.8. The summed E-state index contributed by atoms with van der Waals surface area (Å²) in [4.78, 5) is 38.0. The van der Waals surface area contributed by atoms with Crippen LogP contribution in [0.2, 0.25) is 0 Å². The Labute approximate surface area is 183 Å². The van der Waals surface area contributed by atoms with Crippen molar-refractivity contribution in [3.05, 3.63) is 12.2 Å². The molecule has 3 aliphatic rings. The second-order valence-corrected chi connectivity index (χ2v) is 9.19. The fraction of sp³-hybridized carbons (Fsp3) is 0.783. The van der Waals surface area contributed by atoms with Gasteiger partial charge in [0.05, 0.1) is 33.4 Å². The van der Waals surface area contributed by atoms with Crippen LogP contribution in [0.3, 0.4) is 0 Å². The molecule has 0 heterocycles. The van der Waals surface area contributed by atoms with Gasteiger partial charge in [-0.25, -0.2) is 0 Å². The van der Waals surface area contributed by atoms with Gasteiger partial charge in [-0.15, -0.1) is 0 Å². The van der Waals surface area contributed by atoms with E-state index in [0.29, 0.717) is 25.7 Å². The third-order valence-electron chi connectivity index (χ3n) is 7.94. The molecule has 0 saturated heterocycles. The molecule has 0 aromatic carbocycles. The van der Waals surface area contributed by atoms with Crippen LogP contribution in [0.4, 0.5) is 0 Å². The lowest BCUT2D eigenvalue weighted by Crippen LogP contribution is -2.57. The zero-order valence-electron chi connectivity index (χ0n) is 19.1. The molecule has 6 atom stereocenters. The van der Waals surface area contributed by atoms with Crippen LogP contribution in [0, 0.1) is 34.5 Å². The van der Waals surface area contributed by atoms with Crippen molar-refractivity contribution < 1.29 is 38.1 Å². The van der Waals surface area contributed by atoms with Crippen molar-refractivity contribution in [1.29, 1.82) is 0 Å². The summed E-state index contributed by atoms with van der Waals surface area (Å²) in [5, 5.41) is 0. The first kappa shape index (κ1) is 23.7. The van der Waals surface area contributed by atoms with Crippen LogP contribution < -0.4 is 0 Å². The molecule has 31 heavy (non-hydrogen) atoms. The molecular formula is C23H34O8. The van der Waals surface area contributed by atoms with E-state index in [1.807, 2.05) is 0 Å². The Hall–Kier alpha value is -1.93. The normalized spacial score (nSPS) is 36.0. The van der Waals surface area contributed by atoms with Gasteiger partial charge in [0.15, 0.2) is 5.41 Å². The van der Waals surface area contributed by atoms with Gasteiger partial charge in [-0.2, -0.15) is 0 Å². The summed E-state index contributed by atoms with van der Waals surface area (Å²) in [5.41, 5.74) is -1.46. The molecule has 0 bridgehead atoms. The van der Waals surface area contributed by atoms with Crippen molar-refractivity contribution >= 4 is 17.9 Å². The number of carbonyl (C=O) groups excluding carboxylic acids is 3. The standard InChI is InChI=1S/C23H34O8/c1-22-10-9-17(31-13-27-2)18(19(24)28-3)16(22)7-6-14-12-23(20(25)29-4,21(26)30-5)11-8-15(14)22/h6-7,14-18H,8-13H2,1-5H3/t14-,15-,16+,17-,18+,22-/m0/s1. The van der Waals surface area contributed by atoms with Crippen LogP contribution in [-0.4, -0.2) is 59.2 Å². The molecule has 0 spiro atoms. The Bertz CT molecular complexity index is 715. The van der Waals surface area contributed by atoms with E-state index in [-0.39, 0.29) is 42.0 Å². The Kier molecular flexibility index (Phi) is 7.11. The van der Waals surface area contributed by atoms with Gasteiger partial charge in [0.25, 0.3) is 0 Å². The van der Waals surface area contributed by atoms with Crippen molar-refractivity contribution in [2.45, 2.75) is 45.1 Å². The maximum Gasteiger partial charge on any atom is 0.323 e. The molecule has 0 aromatic heterocycles. The molecule has 0 amide bonds. The highest BCUT2D eigenvalue weighted by molar-refractivity contribution is 6.00. The van der Waals surface area contributed by atoms with Crippen molar-refractivity contribution in [3.8, 4) is 0 Å². The molecule has 174 valence electrons. The van der Waals surface area contributed by atoms with E-state index in [0.717, 1.165) is 6.42 Å². The lowest BCUT2D eigenvalue weighted by atomic mass is 9.47. The smallest absolute Gasteiger partial charge is 0.323 e. The van der Waals surface area contributed by atoms with Crippen LogP contribution in [0.25, 0.3) is 0 Å². The number of allylic oxidation sites excluding steroid dienone is 2. The van der Waals surface area contributed by atoms with Crippen molar-refractivity contribution in [1.82, 2.24) is 0 Å². The summed E-state index contributed by atoms with van der Waals surface area (Å²) < 4.78 is 26.0. The van der Waals surface area contributed by atoms with Crippen LogP contribution in [-0.2, 0) is 38.1 Å². The predicted octanol–water partition coefficient (Wildman–Crippen LogP) is 2.50. The zero-order valence-corrected chi connectivity index (χ0v) is 19.1. The van der Waals surface area contributed by atoms with E-state index in [1.54, 1.807) is 7.11 Å². The number of ether oxygens (including phenoxy) is 5. The van der Waals surface area contributed by atoms with E-state index < -0.39 is 23.3 Å². The van der Waals surface area contributed by atoms with Gasteiger partial charge in [-0.05, 0) is 55.3 Å². The van der Waals surface area contributed by atoms with E-state index in [9.17, 15) is 14.4 Å². The quantitative estimate of drug-likeness (QED) is 0.205. The zero-order chi connectivity index (χ0) is 22.8. The second kappa shape index (κ2) is 9.28. The topological polar surface area (TPSA) is 97.4 Å². The molecule has 0 aromatic rings.